The number of aryl methyl sites for hydroxylation is 1. The number of benzene rings is 2. The highest BCUT2D eigenvalue weighted by atomic mass is 15.1. The number of rotatable bonds is 4. The number of hydrogen-bond acceptors (Lipinski definition) is 2. The minimum atomic E-state index is 0.217. The van der Waals surface area contributed by atoms with E-state index >= 15 is 0 Å². The molecule has 0 spiro atoms. The number of nitrogens with zero attached hydrogens (tertiary/aromatic N) is 1. The van der Waals surface area contributed by atoms with E-state index in [1.54, 1.807) is 0 Å². The monoisotopic (exact) mass is 240 g/mol. The highest BCUT2D eigenvalue weighted by molar-refractivity contribution is 5.49. The minimum absolute atomic E-state index is 0.217. The summed E-state index contributed by atoms with van der Waals surface area (Å²) in [7, 11) is 2.09. The van der Waals surface area contributed by atoms with Crippen LogP contribution < -0.4 is 10.6 Å². The molecule has 1 atom stereocenters. The van der Waals surface area contributed by atoms with Gasteiger partial charge in [0.25, 0.3) is 0 Å². The average Bonchev–Trinajstić information content (AvgIpc) is 2.41. The quantitative estimate of drug-likeness (QED) is 0.889. The Hall–Kier alpha value is -1.80. The van der Waals surface area contributed by atoms with Gasteiger partial charge in [0, 0.05) is 19.3 Å². The zero-order valence-corrected chi connectivity index (χ0v) is 11.0. The van der Waals surface area contributed by atoms with Crippen molar-refractivity contribution in [1.82, 2.24) is 0 Å². The van der Waals surface area contributed by atoms with Crippen LogP contribution in [0.2, 0.25) is 0 Å². The second-order valence-corrected chi connectivity index (χ2v) is 4.61. The van der Waals surface area contributed by atoms with Crippen molar-refractivity contribution in [1.29, 1.82) is 0 Å². The lowest BCUT2D eigenvalue weighted by Crippen LogP contribution is -2.30. The predicted molar refractivity (Wildman–Crippen MR) is 77.8 cm³/mol. The van der Waals surface area contributed by atoms with Gasteiger partial charge in [0.1, 0.15) is 0 Å². The van der Waals surface area contributed by atoms with E-state index in [2.05, 4.69) is 67.4 Å². The van der Waals surface area contributed by atoms with Crippen LogP contribution in [0.4, 0.5) is 5.69 Å². The molecule has 0 aliphatic carbocycles. The SMILES string of the molecule is Cc1ccc(N(C)C(CN)c2ccccc2)cc1. The van der Waals surface area contributed by atoms with Crippen LogP contribution in [0.15, 0.2) is 54.6 Å². The maximum atomic E-state index is 5.93. The Bertz CT molecular complexity index is 476. The Morgan fingerprint density at radius 1 is 1.00 bits per heavy atom. The van der Waals surface area contributed by atoms with Gasteiger partial charge < -0.3 is 10.6 Å². The van der Waals surface area contributed by atoms with E-state index in [0.29, 0.717) is 6.54 Å². The van der Waals surface area contributed by atoms with Gasteiger partial charge >= 0.3 is 0 Å². The molecule has 2 aromatic rings. The summed E-state index contributed by atoms with van der Waals surface area (Å²) in [5.74, 6) is 0. The maximum Gasteiger partial charge on any atom is 0.0661 e. The molecule has 0 heterocycles. The molecule has 1 unspecified atom stereocenters. The third-order valence-corrected chi connectivity index (χ3v) is 3.32. The first kappa shape index (κ1) is 12.7. The average molecular weight is 240 g/mol. The summed E-state index contributed by atoms with van der Waals surface area (Å²) in [5.41, 5.74) is 9.65. The smallest absolute Gasteiger partial charge is 0.0661 e. The first-order valence-corrected chi connectivity index (χ1v) is 6.27. The highest BCUT2D eigenvalue weighted by Crippen LogP contribution is 2.24. The fourth-order valence-electron chi connectivity index (χ4n) is 2.15. The summed E-state index contributed by atoms with van der Waals surface area (Å²) in [6.45, 7) is 2.70. The second-order valence-electron chi connectivity index (χ2n) is 4.61. The normalized spacial score (nSPS) is 12.2. The second kappa shape index (κ2) is 5.69. The van der Waals surface area contributed by atoms with Crippen molar-refractivity contribution in [2.75, 3.05) is 18.5 Å². The third-order valence-electron chi connectivity index (χ3n) is 3.32. The molecule has 0 saturated carbocycles. The lowest BCUT2D eigenvalue weighted by Gasteiger charge is -2.29. The summed E-state index contributed by atoms with van der Waals surface area (Å²) < 4.78 is 0. The molecule has 18 heavy (non-hydrogen) atoms. The van der Waals surface area contributed by atoms with Gasteiger partial charge in [0.2, 0.25) is 0 Å². The van der Waals surface area contributed by atoms with Crippen LogP contribution in [0.5, 0.6) is 0 Å². The van der Waals surface area contributed by atoms with Gasteiger partial charge in [0.15, 0.2) is 0 Å². The first-order chi connectivity index (χ1) is 8.72. The Labute approximate surface area is 109 Å². The van der Waals surface area contributed by atoms with Gasteiger partial charge in [0.05, 0.1) is 6.04 Å². The van der Waals surface area contributed by atoms with E-state index in [0.717, 1.165) is 0 Å². The summed E-state index contributed by atoms with van der Waals surface area (Å²) in [5, 5.41) is 0. The standard InChI is InChI=1S/C16H20N2/c1-13-8-10-15(11-9-13)18(2)16(12-17)14-6-4-3-5-7-14/h3-11,16H,12,17H2,1-2H3. The zero-order chi connectivity index (χ0) is 13.0. The molecule has 2 heteroatoms. The molecule has 0 aliphatic rings. The minimum Gasteiger partial charge on any atom is -0.366 e. The molecule has 0 bridgehead atoms. The summed E-state index contributed by atoms with van der Waals surface area (Å²) in [4.78, 5) is 2.23. The Morgan fingerprint density at radius 3 is 2.17 bits per heavy atom. The molecule has 2 N–H and O–H groups in total. The van der Waals surface area contributed by atoms with Gasteiger partial charge in [-0.05, 0) is 24.6 Å². The van der Waals surface area contributed by atoms with Gasteiger partial charge in [-0.3, -0.25) is 0 Å². The van der Waals surface area contributed by atoms with Gasteiger partial charge in [-0.2, -0.15) is 0 Å². The van der Waals surface area contributed by atoms with Crippen molar-refractivity contribution in [2.45, 2.75) is 13.0 Å². The molecule has 0 fully saturated rings. The topological polar surface area (TPSA) is 29.3 Å². The largest absolute Gasteiger partial charge is 0.366 e. The number of likely N-dealkylation sites (N-methyl/N-ethyl adjacent to an activating group) is 1. The maximum absolute atomic E-state index is 5.93. The molecule has 0 saturated heterocycles. The van der Waals surface area contributed by atoms with E-state index in [4.69, 9.17) is 5.73 Å². The van der Waals surface area contributed by atoms with E-state index in [-0.39, 0.29) is 6.04 Å². The summed E-state index contributed by atoms with van der Waals surface area (Å²) in [6.07, 6.45) is 0. The van der Waals surface area contributed by atoms with Crippen LogP contribution >= 0.6 is 0 Å². The van der Waals surface area contributed by atoms with E-state index in [9.17, 15) is 0 Å². The van der Waals surface area contributed by atoms with Crippen molar-refractivity contribution in [3.05, 3.63) is 65.7 Å². The Balaban J connectivity index is 2.25. The van der Waals surface area contributed by atoms with Crippen molar-refractivity contribution in [2.24, 2.45) is 5.73 Å². The zero-order valence-electron chi connectivity index (χ0n) is 11.0. The van der Waals surface area contributed by atoms with Crippen LogP contribution in [0.3, 0.4) is 0 Å². The first-order valence-electron chi connectivity index (χ1n) is 6.27. The molecular formula is C16H20N2. The molecule has 2 rings (SSSR count). The molecule has 0 amide bonds. The van der Waals surface area contributed by atoms with Crippen LogP contribution in [-0.4, -0.2) is 13.6 Å². The molecule has 0 aliphatic heterocycles. The highest BCUT2D eigenvalue weighted by Gasteiger charge is 2.15. The van der Waals surface area contributed by atoms with Crippen LogP contribution in [0.25, 0.3) is 0 Å². The fraction of sp³-hybridized carbons (Fsp3) is 0.250. The van der Waals surface area contributed by atoms with E-state index < -0.39 is 0 Å². The van der Waals surface area contributed by atoms with Crippen LogP contribution in [0, 0.1) is 6.92 Å². The van der Waals surface area contributed by atoms with Crippen LogP contribution in [-0.2, 0) is 0 Å². The van der Waals surface area contributed by atoms with Gasteiger partial charge in [-0.1, -0.05) is 48.0 Å². The van der Waals surface area contributed by atoms with Crippen molar-refractivity contribution >= 4 is 5.69 Å². The third kappa shape index (κ3) is 2.71. The van der Waals surface area contributed by atoms with Gasteiger partial charge in [-0.25, -0.2) is 0 Å². The van der Waals surface area contributed by atoms with Crippen molar-refractivity contribution in [3.8, 4) is 0 Å². The van der Waals surface area contributed by atoms with Crippen molar-refractivity contribution < 1.29 is 0 Å². The summed E-state index contributed by atoms with van der Waals surface area (Å²) >= 11 is 0. The molecule has 2 nitrogen and oxygen atoms in total. The number of anilines is 1. The molecular weight excluding hydrogens is 220 g/mol. The van der Waals surface area contributed by atoms with Crippen molar-refractivity contribution in [3.63, 3.8) is 0 Å². The van der Waals surface area contributed by atoms with Crippen LogP contribution in [0.1, 0.15) is 17.2 Å². The number of nitrogens with two attached hydrogens (primary N) is 1. The van der Waals surface area contributed by atoms with Gasteiger partial charge in [-0.15, -0.1) is 0 Å². The lowest BCUT2D eigenvalue weighted by molar-refractivity contribution is 0.681. The Kier molecular flexibility index (Phi) is 4.00. The molecule has 94 valence electrons. The molecule has 0 radical (unpaired) electrons. The predicted octanol–water partition coefficient (Wildman–Crippen LogP) is 3.13. The fourth-order valence-corrected chi connectivity index (χ4v) is 2.15. The lowest BCUT2D eigenvalue weighted by atomic mass is 10.0. The molecule has 2 aromatic carbocycles. The number of hydrogen-bond donors (Lipinski definition) is 1. The van der Waals surface area contributed by atoms with E-state index in [1.165, 1.54) is 16.8 Å². The Morgan fingerprint density at radius 2 is 1.61 bits per heavy atom. The molecule has 0 aromatic heterocycles. The summed E-state index contributed by atoms with van der Waals surface area (Å²) in [6, 6.07) is 19.2. The van der Waals surface area contributed by atoms with E-state index in [1.807, 2.05) is 6.07 Å².